The molecule has 0 unspecified atom stereocenters. The van der Waals surface area contributed by atoms with E-state index in [1.165, 1.54) is 6.20 Å². The summed E-state index contributed by atoms with van der Waals surface area (Å²) in [6, 6.07) is 5.07. The average molecular weight is 156 g/mol. The zero-order valence-corrected chi connectivity index (χ0v) is 6.11. The number of aromatic nitrogens is 1. The summed E-state index contributed by atoms with van der Waals surface area (Å²) in [7, 11) is 0. The van der Waals surface area contributed by atoms with Gasteiger partial charge in [0.25, 0.3) is 0 Å². The molecule has 1 aromatic heterocycles. The topological polar surface area (TPSA) is 53.8 Å². The molecule has 0 aliphatic rings. The molecule has 1 heterocycles. The number of pyridine rings is 1. The Morgan fingerprint density at radius 1 is 1.50 bits per heavy atom. The molecule has 3 nitrogen and oxygen atoms in total. The van der Waals surface area contributed by atoms with Crippen LogP contribution in [0.5, 0.6) is 0 Å². The molecule has 0 saturated carbocycles. The maximum Gasteiger partial charge on any atom is 0.193 e. The van der Waals surface area contributed by atoms with E-state index in [9.17, 15) is 4.79 Å². The van der Waals surface area contributed by atoms with Crippen molar-refractivity contribution < 1.29 is 4.79 Å². The molecule has 0 aliphatic carbocycles. The van der Waals surface area contributed by atoms with Gasteiger partial charge in [0, 0.05) is 11.8 Å². The fourth-order valence-electron chi connectivity index (χ4n) is 0.647. The van der Waals surface area contributed by atoms with Crippen molar-refractivity contribution in [2.75, 3.05) is 0 Å². The molecule has 0 fully saturated rings. The highest BCUT2D eigenvalue weighted by molar-refractivity contribution is 5.73. The number of carbonyl (C=O) groups is 1. The molecular formula is C9H4N2O. The zero-order chi connectivity index (χ0) is 8.81. The van der Waals surface area contributed by atoms with E-state index in [1.807, 2.05) is 6.07 Å². The van der Waals surface area contributed by atoms with Gasteiger partial charge in [-0.3, -0.25) is 4.79 Å². The number of hydrogen-bond acceptors (Lipinski definition) is 3. The third kappa shape index (κ3) is 1.93. The number of nitrogens with zero attached hydrogens (tertiary/aromatic N) is 2. The third-order valence-corrected chi connectivity index (χ3v) is 1.15. The van der Waals surface area contributed by atoms with Crippen LogP contribution in [0.2, 0.25) is 0 Å². The van der Waals surface area contributed by atoms with Crippen LogP contribution in [0.15, 0.2) is 18.3 Å². The summed E-state index contributed by atoms with van der Waals surface area (Å²) in [4.78, 5) is 13.6. The number of rotatable bonds is 0. The largest absolute Gasteiger partial charge is 0.289 e. The molecule has 0 aromatic carbocycles. The van der Waals surface area contributed by atoms with Crippen LogP contribution in [0.1, 0.15) is 11.3 Å². The van der Waals surface area contributed by atoms with Crippen LogP contribution in [0.25, 0.3) is 0 Å². The molecule has 0 radical (unpaired) electrons. The fourth-order valence-corrected chi connectivity index (χ4v) is 0.647. The van der Waals surface area contributed by atoms with Crippen LogP contribution >= 0.6 is 0 Å². The van der Waals surface area contributed by atoms with Gasteiger partial charge in [-0.1, -0.05) is 5.92 Å². The highest BCUT2D eigenvalue weighted by Gasteiger charge is 1.89. The highest BCUT2D eigenvalue weighted by atomic mass is 16.1. The van der Waals surface area contributed by atoms with Crippen LogP contribution in [0, 0.1) is 23.2 Å². The summed E-state index contributed by atoms with van der Waals surface area (Å²) in [6.45, 7) is 0. The zero-order valence-electron chi connectivity index (χ0n) is 6.11. The van der Waals surface area contributed by atoms with Crippen LogP contribution < -0.4 is 0 Å². The van der Waals surface area contributed by atoms with E-state index in [0.29, 0.717) is 17.5 Å². The van der Waals surface area contributed by atoms with Crippen molar-refractivity contribution in [3.8, 4) is 17.9 Å². The molecule has 0 N–H and O–H groups in total. The Morgan fingerprint density at radius 2 is 2.33 bits per heavy atom. The Hall–Kier alpha value is -2.13. The molecule has 1 rings (SSSR count). The van der Waals surface area contributed by atoms with Crippen molar-refractivity contribution in [3.05, 3.63) is 29.6 Å². The molecule has 0 atom stereocenters. The smallest absolute Gasteiger partial charge is 0.193 e. The van der Waals surface area contributed by atoms with Gasteiger partial charge in [0.2, 0.25) is 0 Å². The molecule has 0 amide bonds. The lowest BCUT2D eigenvalue weighted by Gasteiger charge is -1.87. The first-order valence-electron chi connectivity index (χ1n) is 3.18. The number of hydrogen-bond donors (Lipinski definition) is 0. The summed E-state index contributed by atoms with van der Waals surface area (Å²) >= 11 is 0. The van der Waals surface area contributed by atoms with Gasteiger partial charge in [-0.15, -0.1) is 0 Å². The maximum atomic E-state index is 9.85. The lowest BCUT2D eigenvalue weighted by molar-refractivity contribution is -0.103. The molecule has 12 heavy (non-hydrogen) atoms. The molecule has 0 spiro atoms. The Labute approximate surface area is 69.7 Å². The highest BCUT2D eigenvalue weighted by Crippen LogP contribution is 1.96. The van der Waals surface area contributed by atoms with Crippen LogP contribution in [-0.2, 0) is 4.79 Å². The molecular weight excluding hydrogens is 152 g/mol. The second-order valence-electron chi connectivity index (χ2n) is 1.93. The van der Waals surface area contributed by atoms with Crippen molar-refractivity contribution in [1.29, 1.82) is 5.26 Å². The van der Waals surface area contributed by atoms with Crippen molar-refractivity contribution in [2.45, 2.75) is 0 Å². The molecule has 3 heteroatoms. The van der Waals surface area contributed by atoms with Crippen LogP contribution in [0.3, 0.4) is 0 Å². The second-order valence-corrected chi connectivity index (χ2v) is 1.93. The normalized spacial score (nSPS) is 7.58. The van der Waals surface area contributed by atoms with Crippen molar-refractivity contribution in [2.24, 2.45) is 0 Å². The fraction of sp³-hybridized carbons (Fsp3) is 0. The predicted molar refractivity (Wildman–Crippen MR) is 41.9 cm³/mol. The second kappa shape index (κ2) is 3.90. The molecule has 1 aromatic rings. The Bertz CT molecular complexity index is 376. The summed E-state index contributed by atoms with van der Waals surface area (Å²) in [5.74, 6) is 4.80. The predicted octanol–water partition coefficient (Wildman–Crippen LogP) is 0.504. The first-order valence-corrected chi connectivity index (χ1v) is 3.18. The van der Waals surface area contributed by atoms with E-state index < -0.39 is 0 Å². The van der Waals surface area contributed by atoms with Gasteiger partial charge in [0.05, 0.1) is 0 Å². The van der Waals surface area contributed by atoms with E-state index in [-0.39, 0.29) is 0 Å². The van der Waals surface area contributed by atoms with Crippen LogP contribution in [-0.4, -0.2) is 11.3 Å². The Kier molecular flexibility index (Phi) is 2.59. The third-order valence-electron chi connectivity index (χ3n) is 1.15. The van der Waals surface area contributed by atoms with Gasteiger partial charge in [-0.05, 0) is 18.1 Å². The van der Waals surface area contributed by atoms with E-state index in [2.05, 4.69) is 16.8 Å². The minimum Gasteiger partial charge on any atom is -0.289 e. The molecule has 0 bridgehead atoms. The van der Waals surface area contributed by atoms with E-state index in [0.717, 1.165) is 0 Å². The number of carbonyl (C=O) groups excluding carboxylic acids is 1. The van der Waals surface area contributed by atoms with E-state index in [4.69, 9.17) is 5.26 Å². The van der Waals surface area contributed by atoms with Crippen molar-refractivity contribution in [1.82, 2.24) is 4.98 Å². The first-order chi connectivity index (χ1) is 5.86. The van der Waals surface area contributed by atoms with Crippen molar-refractivity contribution >= 4 is 6.29 Å². The molecule has 0 saturated heterocycles. The minimum absolute atomic E-state index is 0.339. The summed E-state index contributed by atoms with van der Waals surface area (Å²) < 4.78 is 0. The summed E-state index contributed by atoms with van der Waals surface area (Å²) in [5.41, 5.74) is 0.966. The van der Waals surface area contributed by atoms with Crippen LogP contribution in [0.4, 0.5) is 0 Å². The molecule has 0 aliphatic heterocycles. The summed E-state index contributed by atoms with van der Waals surface area (Å²) in [6.07, 6.45) is 1.97. The maximum absolute atomic E-state index is 9.85. The quantitative estimate of drug-likeness (QED) is 0.406. The lowest BCUT2D eigenvalue weighted by Crippen LogP contribution is -1.82. The number of nitriles is 1. The van der Waals surface area contributed by atoms with Gasteiger partial charge in [-0.25, -0.2) is 4.98 Å². The standard InChI is InChI=1S/C9H4N2O/c10-6-9-4-3-8(7-11-9)2-1-5-12/h3-5,7H. The van der Waals surface area contributed by atoms with E-state index >= 15 is 0 Å². The average Bonchev–Trinajstić information content (AvgIpc) is 2.15. The number of aldehydes is 1. The lowest BCUT2D eigenvalue weighted by atomic mass is 10.2. The molecule has 56 valence electrons. The van der Waals surface area contributed by atoms with Gasteiger partial charge in [0.15, 0.2) is 6.29 Å². The van der Waals surface area contributed by atoms with Gasteiger partial charge >= 0.3 is 0 Å². The monoisotopic (exact) mass is 156 g/mol. The Morgan fingerprint density at radius 3 is 2.83 bits per heavy atom. The van der Waals surface area contributed by atoms with Crippen molar-refractivity contribution in [3.63, 3.8) is 0 Å². The van der Waals surface area contributed by atoms with Gasteiger partial charge in [0.1, 0.15) is 11.8 Å². The Balaban J connectivity index is 2.94. The SMILES string of the molecule is N#Cc1ccc(C#CC=O)cn1. The van der Waals surface area contributed by atoms with Gasteiger partial charge < -0.3 is 0 Å². The minimum atomic E-state index is 0.339. The van der Waals surface area contributed by atoms with Gasteiger partial charge in [-0.2, -0.15) is 5.26 Å². The summed E-state index contributed by atoms with van der Waals surface area (Å²) in [5, 5.41) is 8.40. The first kappa shape index (κ1) is 7.97. The van der Waals surface area contributed by atoms with E-state index in [1.54, 1.807) is 12.1 Å².